The number of carbonyl (C=O) groups excluding carboxylic acids is 1. The Hall–Kier alpha value is -2.48. The number of carbonyl (C=O) groups is 1. The van der Waals surface area contributed by atoms with Crippen LogP contribution < -0.4 is 4.90 Å². The van der Waals surface area contributed by atoms with Gasteiger partial charge < -0.3 is 14.5 Å². The Kier molecular flexibility index (Phi) is 5.89. The van der Waals surface area contributed by atoms with Gasteiger partial charge in [-0.15, -0.1) is 0 Å². The molecule has 0 radical (unpaired) electrons. The van der Waals surface area contributed by atoms with Gasteiger partial charge >= 0.3 is 0 Å². The van der Waals surface area contributed by atoms with Crippen LogP contribution in [0.5, 0.6) is 0 Å². The number of rotatable bonds is 5. The maximum absolute atomic E-state index is 13.4. The molecular formula is C23H32N6O2. The zero-order valence-corrected chi connectivity index (χ0v) is 18.3. The van der Waals surface area contributed by atoms with E-state index in [0.717, 1.165) is 81.1 Å². The molecule has 0 bridgehead atoms. The summed E-state index contributed by atoms with van der Waals surface area (Å²) >= 11 is 0. The lowest BCUT2D eigenvalue weighted by Crippen LogP contribution is -2.38. The summed E-state index contributed by atoms with van der Waals surface area (Å²) < 4.78 is 5.48. The van der Waals surface area contributed by atoms with Gasteiger partial charge in [-0.2, -0.15) is 5.10 Å². The molecule has 2 aromatic rings. The molecule has 2 aromatic heterocycles. The van der Waals surface area contributed by atoms with Crippen molar-refractivity contribution >= 4 is 11.9 Å². The van der Waals surface area contributed by atoms with Crippen LogP contribution in [-0.2, 0) is 9.53 Å². The molecule has 1 aliphatic carbocycles. The molecule has 1 saturated carbocycles. The van der Waals surface area contributed by atoms with Crippen LogP contribution in [0.4, 0.5) is 5.95 Å². The predicted octanol–water partition coefficient (Wildman–Crippen LogP) is 3.34. The van der Waals surface area contributed by atoms with Crippen molar-refractivity contribution < 1.29 is 9.53 Å². The molecule has 1 amide bonds. The normalized spacial score (nSPS) is 26.5. The number of nitrogens with zero attached hydrogens (tertiary/aromatic N) is 5. The Morgan fingerprint density at radius 3 is 2.68 bits per heavy atom. The van der Waals surface area contributed by atoms with E-state index in [1.54, 1.807) is 7.11 Å². The summed E-state index contributed by atoms with van der Waals surface area (Å²) in [6, 6.07) is 1.98. The maximum Gasteiger partial charge on any atom is 0.226 e. The van der Waals surface area contributed by atoms with Crippen LogP contribution in [0.3, 0.4) is 0 Å². The van der Waals surface area contributed by atoms with E-state index in [0.29, 0.717) is 6.10 Å². The molecule has 3 aliphatic rings. The van der Waals surface area contributed by atoms with Crippen molar-refractivity contribution in [1.82, 2.24) is 25.1 Å². The van der Waals surface area contributed by atoms with Crippen molar-refractivity contribution in [2.24, 2.45) is 5.92 Å². The van der Waals surface area contributed by atoms with Gasteiger partial charge in [0, 0.05) is 44.4 Å². The minimum Gasteiger partial charge on any atom is -0.381 e. The summed E-state index contributed by atoms with van der Waals surface area (Å²) in [5.74, 6) is 1.19. The van der Waals surface area contributed by atoms with Gasteiger partial charge in [-0.1, -0.05) is 0 Å². The van der Waals surface area contributed by atoms with Gasteiger partial charge in [0.2, 0.25) is 11.9 Å². The van der Waals surface area contributed by atoms with Crippen LogP contribution in [0.15, 0.2) is 18.5 Å². The number of likely N-dealkylation sites (tertiary alicyclic amines) is 1. The van der Waals surface area contributed by atoms with Gasteiger partial charge in [-0.3, -0.25) is 9.89 Å². The fourth-order valence-electron chi connectivity index (χ4n) is 5.43. The number of aromatic nitrogens is 4. The molecule has 2 saturated heterocycles. The third-order valence-corrected chi connectivity index (χ3v) is 7.20. The average Bonchev–Trinajstić information content (AvgIpc) is 3.59. The highest BCUT2D eigenvalue weighted by Gasteiger charge is 2.37. The smallest absolute Gasteiger partial charge is 0.226 e. The molecule has 5 rings (SSSR count). The SMILES string of the molecule is COC1CCC(C(=O)N2CCC[C@H]2c2[nH]ncc2-c2ccnc(N3CCCC3)n2)CC1. The van der Waals surface area contributed by atoms with Crippen LogP contribution >= 0.6 is 0 Å². The molecule has 0 aromatic carbocycles. The molecule has 166 valence electrons. The Labute approximate surface area is 183 Å². The van der Waals surface area contributed by atoms with E-state index >= 15 is 0 Å². The van der Waals surface area contributed by atoms with E-state index in [-0.39, 0.29) is 17.9 Å². The van der Waals surface area contributed by atoms with E-state index in [1.165, 1.54) is 12.8 Å². The van der Waals surface area contributed by atoms with Crippen molar-refractivity contribution in [3.8, 4) is 11.3 Å². The summed E-state index contributed by atoms with van der Waals surface area (Å²) in [5, 5.41) is 7.55. The summed E-state index contributed by atoms with van der Waals surface area (Å²) in [5.41, 5.74) is 2.86. The molecule has 8 nitrogen and oxygen atoms in total. The molecular weight excluding hydrogens is 392 g/mol. The second-order valence-electron chi connectivity index (χ2n) is 9.03. The van der Waals surface area contributed by atoms with Crippen molar-refractivity contribution in [3.05, 3.63) is 24.2 Å². The lowest BCUT2D eigenvalue weighted by molar-refractivity contribution is -0.138. The molecule has 2 aliphatic heterocycles. The van der Waals surface area contributed by atoms with Gasteiger partial charge in [0.05, 0.1) is 29.7 Å². The first-order chi connectivity index (χ1) is 15.2. The Morgan fingerprint density at radius 1 is 1.10 bits per heavy atom. The summed E-state index contributed by atoms with van der Waals surface area (Å²) in [6.45, 7) is 2.84. The first kappa shape index (κ1) is 20.4. The summed E-state index contributed by atoms with van der Waals surface area (Å²) in [6.07, 6.45) is 12.1. The van der Waals surface area contributed by atoms with Crippen LogP contribution in [0.25, 0.3) is 11.3 Å². The maximum atomic E-state index is 13.4. The van der Waals surface area contributed by atoms with Crippen LogP contribution in [-0.4, -0.2) is 63.8 Å². The zero-order chi connectivity index (χ0) is 21.2. The highest BCUT2D eigenvalue weighted by molar-refractivity contribution is 5.80. The molecule has 8 heteroatoms. The van der Waals surface area contributed by atoms with E-state index in [4.69, 9.17) is 9.72 Å². The summed E-state index contributed by atoms with van der Waals surface area (Å²) in [7, 11) is 1.77. The second kappa shape index (κ2) is 8.94. The van der Waals surface area contributed by atoms with E-state index in [2.05, 4.69) is 25.0 Å². The van der Waals surface area contributed by atoms with Crippen LogP contribution in [0.2, 0.25) is 0 Å². The topological polar surface area (TPSA) is 87.2 Å². The monoisotopic (exact) mass is 424 g/mol. The number of hydrogen-bond donors (Lipinski definition) is 1. The van der Waals surface area contributed by atoms with Gasteiger partial charge in [-0.25, -0.2) is 9.97 Å². The van der Waals surface area contributed by atoms with Crippen LogP contribution in [0.1, 0.15) is 63.1 Å². The Morgan fingerprint density at radius 2 is 1.90 bits per heavy atom. The number of ether oxygens (including phenoxy) is 1. The molecule has 1 N–H and O–H groups in total. The molecule has 0 unspecified atom stereocenters. The molecule has 1 atom stereocenters. The van der Waals surface area contributed by atoms with Gasteiger partial charge in [-0.05, 0) is 57.4 Å². The highest BCUT2D eigenvalue weighted by Crippen LogP contribution is 2.39. The standard InChI is InChI=1S/C23H32N6O2/c1-31-17-8-6-16(7-9-17)22(30)29-14-4-5-20(29)21-18(15-25-27-21)19-10-11-24-23(26-19)28-12-2-3-13-28/h10-11,15-17,20H,2-9,12-14H2,1H3,(H,25,27)/t16?,17?,20-/m0/s1. The van der Waals surface area contributed by atoms with E-state index in [1.807, 2.05) is 18.5 Å². The fourth-order valence-corrected chi connectivity index (χ4v) is 5.43. The van der Waals surface area contributed by atoms with E-state index < -0.39 is 0 Å². The van der Waals surface area contributed by atoms with E-state index in [9.17, 15) is 4.79 Å². The minimum atomic E-state index is 0.0374. The quantitative estimate of drug-likeness (QED) is 0.792. The summed E-state index contributed by atoms with van der Waals surface area (Å²) in [4.78, 5) is 27.0. The molecule has 3 fully saturated rings. The van der Waals surface area contributed by atoms with Crippen molar-refractivity contribution in [3.63, 3.8) is 0 Å². The third-order valence-electron chi connectivity index (χ3n) is 7.20. The van der Waals surface area contributed by atoms with Crippen molar-refractivity contribution in [2.75, 3.05) is 31.6 Å². The second-order valence-corrected chi connectivity index (χ2v) is 9.03. The number of H-pyrrole nitrogens is 1. The van der Waals surface area contributed by atoms with Gasteiger partial charge in [0.1, 0.15) is 0 Å². The lowest BCUT2D eigenvalue weighted by atomic mass is 9.86. The fraction of sp³-hybridized carbons (Fsp3) is 0.652. The molecule has 4 heterocycles. The first-order valence-corrected chi connectivity index (χ1v) is 11.7. The minimum absolute atomic E-state index is 0.0374. The number of anilines is 1. The third kappa shape index (κ3) is 4.05. The number of aromatic amines is 1. The van der Waals surface area contributed by atoms with Crippen molar-refractivity contribution in [1.29, 1.82) is 0 Å². The van der Waals surface area contributed by atoms with Gasteiger partial charge in [0.25, 0.3) is 0 Å². The van der Waals surface area contributed by atoms with Crippen molar-refractivity contribution in [2.45, 2.75) is 63.5 Å². The van der Waals surface area contributed by atoms with Crippen LogP contribution in [0, 0.1) is 5.92 Å². The first-order valence-electron chi connectivity index (χ1n) is 11.7. The zero-order valence-electron chi connectivity index (χ0n) is 18.3. The number of methoxy groups -OCH3 is 1. The predicted molar refractivity (Wildman–Crippen MR) is 118 cm³/mol. The number of amides is 1. The number of nitrogens with one attached hydrogen (secondary N) is 1. The lowest BCUT2D eigenvalue weighted by Gasteiger charge is -2.32. The largest absolute Gasteiger partial charge is 0.381 e. The Balaban J connectivity index is 1.36. The van der Waals surface area contributed by atoms with Gasteiger partial charge in [0.15, 0.2) is 0 Å². The number of hydrogen-bond acceptors (Lipinski definition) is 6. The molecule has 0 spiro atoms. The molecule has 31 heavy (non-hydrogen) atoms. The highest BCUT2D eigenvalue weighted by atomic mass is 16.5. The Bertz CT molecular complexity index is 901. The average molecular weight is 425 g/mol.